The molecule has 100 valence electrons. The van der Waals surface area contributed by atoms with Gasteiger partial charge in [-0.15, -0.1) is 0 Å². The van der Waals surface area contributed by atoms with Crippen LogP contribution < -0.4 is 0 Å². The lowest BCUT2D eigenvalue weighted by Crippen LogP contribution is -2.38. The van der Waals surface area contributed by atoms with Gasteiger partial charge in [0.1, 0.15) is 5.15 Å². The summed E-state index contributed by atoms with van der Waals surface area (Å²) in [6, 6.07) is 4.52. The third-order valence-electron chi connectivity index (χ3n) is 3.69. The van der Waals surface area contributed by atoms with E-state index >= 15 is 0 Å². The molecule has 0 amide bonds. The molecule has 1 fully saturated rings. The van der Waals surface area contributed by atoms with E-state index in [-0.39, 0.29) is 6.61 Å². The van der Waals surface area contributed by atoms with Crippen LogP contribution in [0.4, 0.5) is 0 Å². The van der Waals surface area contributed by atoms with Crippen LogP contribution in [0.1, 0.15) is 37.7 Å². The normalized spacial score (nSPS) is 17.3. The Balaban J connectivity index is 2.03. The van der Waals surface area contributed by atoms with Crippen molar-refractivity contribution in [3.8, 4) is 0 Å². The van der Waals surface area contributed by atoms with Gasteiger partial charge in [0.2, 0.25) is 0 Å². The third kappa shape index (κ3) is 3.67. The zero-order valence-corrected chi connectivity index (χ0v) is 11.4. The molecule has 18 heavy (non-hydrogen) atoms. The Kier molecular flexibility index (Phi) is 5.42. The summed E-state index contributed by atoms with van der Waals surface area (Å²) in [5.74, 6) is 0. The molecule has 0 radical (unpaired) electrons. The number of aliphatic hydroxyl groups is 1. The van der Waals surface area contributed by atoms with Crippen LogP contribution in [0.3, 0.4) is 0 Å². The molecule has 0 spiro atoms. The quantitative estimate of drug-likeness (QED) is 0.835. The first kappa shape index (κ1) is 13.8. The maximum absolute atomic E-state index is 9.22. The standard InChI is InChI=1S/C14H21ClN2O/c15-14-12(5-4-8-16-14)11-17(9-10-18)13-6-2-1-3-7-13/h4-5,8,13,18H,1-3,6-7,9-11H2. The largest absolute Gasteiger partial charge is 0.395 e. The second-order valence-corrected chi connectivity index (χ2v) is 5.30. The molecule has 3 nitrogen and oxygen atoms in total. The fourth-order valence-corrected chi connectivity index (χ4v) is 2.90. The van der Waals surface area contributed by atoms with Gasteiger partial charge in [0.05, 0.1) is 6.61 Å². The third-order valence-corrected chi connectivity index (χ3v) is 4.03. The number of halogens is 1. The van der Waals surface area contributed by atoms with Crippen LogP contribution in [0.15, 0.2) is 18.3 Å². The molecule has 2 rings (SSSR count). The highest BCUT2D eigenvalue weighted by molar-refractivity contribution is 6.30. The number of hydrogen-bond donors (Lipinski definition) is 1. The topological polar surface area (TPSA) is 36.4 Å². The first-order valence-electron chi connectivity index (χ1n) is 6.75. The summed E-state index contributed by atoms with van der Waals surface area (Å²) in [5, 5.41) is 9.80. The maximum Gasteiger partial charge on any atom is 0.133 e. The van der Waals surface area contributed by atoms with E-state index in [2.05, 4.69) is 9.88 Å². The van der Waals surface area contributed by atoms with E-state index in [4.69, 9.17) is 11.6 Å². The number of aliphatic hydroxyl groups excluding tert-OH is 1. The molecule has 1 saturated carbocycles. The summed E-state index contributed by atoms with van der Waals surface area (Å²) in [4.78, 5) is 6.46. The fraction of sp³-hybridized carbons (Fsp3) is 0.643. The van der Waals surface area contributed by atoms with Gasteiger partial charge < -0.3 is 5.11 Å². The predicted molar refractivity (Wildman–Crippen MR) is 73.6 cm³/mol. The van der Waals surface area contributed by atoms with Crippen molar-refractivity contribution < 1.29 is 5.11 Å². The highest BCUT2D eigenvalue weighted by Gasteiger charge is 2.21. The predicted octanol–water partition coefficient (Wildman–Crippen LogP) is 2.86. The van der Waals surface area contributed by atoms with Crippen molar-refractivity contribution in [1.29, 1.82) is 0 Å². The molecule has 1 aromatic heterocycles. The summed E-state index contributed by atoms with van der Waals surface area (Å²) >= 11 is 6.11. The van der Waals surface area contributed by atoms with Crippen molar-refractivity contribution in [1.82, 2.24) is 9.88 Å². The second kappa shape index (κ2) is 7.07. The molecular formula is C14H21ClN2O. The van der Waals surface area contributed by atoms with Gasteiger partial charge in [-0.2, -0.15) is 0 Å². The molecule has 1 heterocycles. The summed E-state index contributed by atoms with van der Waals surface area (Å²) in [6.07, 6.45) is 8.12. The zero-order valence-electron chi connectivity index (χ0n) is 10.7. The van der Waals surface area contributed by atoms with E-state index in [1.165, 1.54) is 32.1 Å². The number of nitrogens with zero attached hydrogens (tertiary/aromatic N) is 2. The second-order valence-electron chi connectivity index (χ2n) is 4.94. The van der Waals surface area contributed by atoms with Crippen LogP contribution in [-0.2, 0) is 6.54 Å². The van der Waals surface area contributed by atoms with E-state index in [0.29, 0.717) is 11.2 Å². The molecule has 0 bridgehead atoms. The molecule has 4 heteroatoms. The van der Waals surface area contributed by atoms with Crippen molar-refractivity contribution in [2.45, 2.75) is 44.7 Å². The lowest BCUT2D eigenvalue weighted by Gasteiger charge is -2.34. The van der Waals surface area contributed by atoms with Crippen molar-refractivity contribution >= 4 is 11.6 Å². The van der Waals surface area contributed by atoms with E-state index in [0.717, 1.165) is 18.7 Å². The summed E-state index contributed by atoms with van der Waals surface area (Å²) < 4.78 is 0. The van der Waals surface area contributed by atoms with Crippen LogP contribution in [0, 0.1) is 0 Å². The van der Waals surface area contributed by atoms with E-state index in [1.54, 1.807) is 6.20 Å². The molecule has 1 aliphatic rings. The van der Waals surface area contributed by atoms with Crippen LogP contribution >= 0.6 is 11.6 Å². The minimum atomic E-state index is 0.203. The number of hydrogen-bond acceptors (Lipinski definition) is 3. The molecule has 0 atom stereocenters. The first-order valence-corrected chi connectivity index (χ1v) is 7.13. The summed E-state index contributed by atoms with van der Waals surface area (Å²) in [7, 11) is 0. The molecular weight excluding hydrogens is 248 g/mol. The summed E-state index contributed by atoms with van der Waals surface area (Å²) in [6.45, 7) is 1.71. The Morgan fingerprint density at radius 3 is 2.78 bits per heavy atom. The maximum atomic E-state index is 9.22. The molecule has 1 N–H and O–H groups in total. The van der Waals surface area contributed by atoms with Gasteiger partial charge in [-0.3, -0.25) is 4.90 Å². The average Bonchev–Trinajstić information content (AvgIpc) is 2.42. The monoisotopic (exact) mass is 268 g/mol. The van der Waals surface area contributed by atoms with Crippen molar-refractivity contribution in [3.05, 3.63) is 29.0 Å². The SMILES string of the molecule is OCCN(Cc1cccnc1Cl)C1CCCCC1. The molecule has 0 aliphatic heterocycles. The van der Waals surface area contributed by atoms with Gasteiger partial charge in [-0.05, 0) is 18.9 Å². The van der Waals surface area contributed by atoms with Crippen LogP contribution in [0.2, 0.25) is 5.15 Å². The lowest BCUT2D eigenvalue weighted by atomic mass is 9.94. The van der Waals surface area contributed by atoms with Gasteiger partial charge in [0.25, 0.3) is 0 Å². The fourth-order valence-electron chi connectivity index (χ4n) is 2.72. The molecule has 0 aromatic carbocycles. The van der Waals surface area contributed by atoms with E-state index in [1.807, 2.05) is 12.1 Å². The van der Waals surface area contributed by atoms with Crippen molar-refractivity contribution in [2.75, 3.05) is 13.2 Å². The lowest BCUT2D eigenvalue weighted by molar-refractivity contribution is 0.117. The van der Waals surface area contributed by atoms with E-state index in [9.17, 15) is 5.11 Å². The summed E-state index contributed by atoms with van der Waals surface area (Å²) in [5.41, 5.74) is 1.05. The minimum absolute atomic E-state index is 0.203. The van der Waals surface area contributed by atoms with Gasteiger partial charge >= 0.3 is 0 Å². The molecule has 0 unspecified atom stereocenters. The number of aromatic nitrogens is 1. The highest BCUT2D eigenvalue weighted by atomic mass is 35.5. The van der Waals surface area contributed by atoms with Crippen molar-refractivity contribution in [3.63, 3.8) is 0 Å². The Morgan fingerprint density at radius 2 is 2.11 bits per heavy atom. The van der Waals surface area contributed by atoms with Crippen LogP contribution in [0.5, 0.6) is 0 Å². The Hall–Kier alpha value is -0.640. The minimum Gasteiger partial charge on any atom is -0.395 e. The highest BCUT2D eigenvalue weighted by Crippen LogP contribution is 2.25. The average molecular weight is 269 g/mol. The van der Waals surface area contributed by atoms with Crippen LogP contribution in [0.25, 0.3) is 0 Å². The Labute approximate surface area is 114 Å². The Bertz CT molecular complexity index is 367. The van der Waals surface area contributed by atoms with Gasteiger partial charge in [0, 0.05) is 30.9 Å². The zero-order chi connectivity index (χ0) is 12.8. The van der Waals surface area contributed by atoms with Crippen LogP contribution in [-0.4, -0.2) is 34.2 Å². The molecule has 0 saturated heterocycles. The first-order chi connectivity index (χ1) is 8.81. The van der Waals surface area contributed by atoms with E-state index < -0.39 is 0 Å². The smallest absolute Gasteiger partial charge is 0.133 e. The number of rotatable bonds is 5. The molecule has 1 aliphatic carbocycles. The number of pyridine rings is 1. The van der Waals surface area contributed by atoms with Gasteiger partial charge in [-0.1, -0.05) is 36.9 Å². The molecule has 1 aromatic rings. The Morgan fingerprint density at radius 1 is 1.33 bits per heavy atom. The van der Waals surface area contributed by atoms with Gasteiger partial charge in [0.15, 0.2) is 0 Å². The van der Waals surface area contributed by atoms with Gasteiger partial charge in [-0.25, -0.2) is 4.98 Å². The van der Waals surface area contributed by atoms with Crippen molar-refractivity contribution in [2.24, 2.45) is 0 Å².